The fourth-order valence-electron chi connectivity index (χ4n) is 1.61. The first-order chi connectivity index (χ1) is 8.43. The summed E-state index contributed by atoms with van der Waals surface area (Å²) in [6, 6.07) is 0. The van der Waals surface area contributed by atoms with Crippen LogP contribution in [0.4, 0.5) is 39.5 Å². The van der Waals surface area contributed by atoms with Crippen LogP contribution in [0.1, 0.15) is 5.56 Å². The van der Waals surface area contributed by atoms with Crippen LogP contribution in [-0.4, -0.2) is 11.8 Å². The summed E-state index contributed by atoms with van der Waals surface area (Å²) in [5, 5.41) is 0. The van der Waals surface area contributed by atoms with Gasteiger partial charge in [-0.3, -0.25) is 0 Å². The van der Waals surface area contributed by atoms with Crippen LogP contribution in [0.25, 0.3) is 0 Å². The van der Waals surface area contributed by atoms with Crippen LogP contribution in [-0.2, 0) is 5.67 Å². The lowest BCUT2D eigenvalue weighted by molar-refractivity contribution is -0.0278. The van der Waals surface area contributed by atoms with Gasteiger partial charge in [-0.05, 0) is 15.9 Å². The highest BCUT2D eigenvalue weighted by molar-refractivity contribution is 9.10. The average molecular weight is 359 g/mol. The van der Waals surface area contributed by atoms with E-state index in [1.807, 2.05) is 15.9 Å². The Morgan fingerprint density at radius 1 is 0.632 bits per heavy atom. The Labute approximate surface area is 107 Å². The molecule has 2 rings (SSSR count). The summed E-state index contributed by atoms with van der Waals surface area (Å²) < 4.78 is 115. The second-order valence-corrected chi connectivity index (χ2v) is 4.55. The fourth-order valence-corrected chi connectivity index (χ4v) is 1.96. The molecule has 0 aromatic heterocycles. The van der Waals surface area contributed by atoms with Gasteiger partial charge in [0.05, 0.1) is 10.0 Å². The van der Waals surface area contributed by atoms with Crippen molar-refractivity contribution in [3.63, 3.8) is 0 Å². The van der Waals surface area contributed by atoms with Crippen LogP contribution in [0, 0.1) is 23.3 Å². The number of rotatable bonds is 1. The normalized spacial score (nSPS) is 22.4. The molecular formula is C9BrF9. The number of halogens is 10. The smallest absolute Gasteiger partial charge is 0.224 e. The summed E-state index contributed by atoms with van der Waals surface area (Å²) >= 11 is 2.03. The molecule has 0 N–H and O–H groups in total. The van der Waals surface area contributed by atoms with Crippen LogP contribution in [0.15, 0.2) is 4.47 Å². The standard InChI is InChI=1S/C9BrF9/c10-2-5(13)3(11)1(4(12)6(2)14)7(15)8(16,17)9(7,18)19. The summed E-state index contributed by atoms with van der Waals surface area (Å²) in [5.74, 6) is -20.8. The van der Waals surface area contributed by atoms with Crippen LogP contribution >= 0.6 is 15.9 Å². The van der Waals surface area contributed by atoms with E-state index in [1.165, 1.54) is 0 Å². The molecule has 1 aliphatic rings. The zero-order valence-electron chi connectivity index (χ0n) is 8.28. The third-order valence-corrected chi connectivity index (χ3v) is 3.45. The van der Waals surface area contributed by atoms with Crippen molar-refractivity contribution in [1.29, 1.82) is 0 Å². The van der Waals surface area contributed by atoms with Gasteiger partial charge in [-0.1, -0.05) is 0 Å². The SMILES string of the molecule is Fc1c(F)c(C2(F)C(F)(F)C2(F)F)c(F)c(F)c1Br. The predicted octanol–water partition coefficient (Wildman–Crippen LogP) is 4.45. The first kappa shape index (κ1) is 14.5. The maximum atomic E-state index is 13.5. The van der Waals surface area contributed by atoms with E-state index in [0.29, 0.717) is 0 Å². The second kappa shape index (κ2) is 3.58. The van der Waals surface area contributed by atoms with Crippen molar-refractivity contribution in [3.05, 3.63) is 33.3 Å². The van der Waals surface area contributed by atoms with Gasteiger partial charge in [0.15, 0.2) is 23.3 Å². The molecular weight excluding hydrogens is 359 g/mol. The monoisotopic (exact) mass is 358 g/mol. The summed E-state index contributed by atoms with van der Waals surface area (Å²) in [6.45, 7) is 0. The quantitative estimate of drug-likeness (QED) is 0.395. The highest BCUT2D eigenvalue weighted by Crippen LogP contribution is 2.74. The molecule has 0 unspecified atom stereocenters. The molecule has 1 saturated carbocycles. The van der Waals surface area contributed by atoms with Gasteiger partial charge >= 0.3 is 11.8 Å². The first-order valence-electron chi connectivity index (χ1n) is 4.39. The van der Waals surface area contributed by atoms with Crippen molar-refractivity contribution in [1.82, 2.24) is 0 Å². The molecule has 0 bridgehead atoms. The fraction of sp³-hybridized carbons (Fsp3) is 0.333. The highest BCUT2D eigenvalue weighted by atomic mass is 79.9. The average Bonchev–Trinajstić information content (AvgIpc) is 2.62. The minimum Gasteiger partial charge on any atom is -0.224 e. The van der Waals surface area contributed by atoms with Gasteiger partial charge < -0.3 is 0 Å². The largest absolute Gasteiger partial charge is 0.357 e. The van der Waals surface area contributed by atoms with E-state index in [-0.39, 0.29) is 0 Å². The van der Waals surface area contributed by atoms with Crippen molar-refractivity contribution in [2.45, 2.75) is 17.5 Å². The Morgan fingerprint density at radius 2 is 0.947 bits per heavy atom. The van der Waals surface area contributed by atoms with E-state index >= 15 is 0 Å². The Hall–Kier alpha value is -0.930. The van der Waals surface area contributed by atoms with Crippen LogP contribution < -0.4 is 0 Å². The first-order valence-corrected chi connectivity index (χ1v) is 5.18. The molecule has 106 valence electrons. The van der Waals surface area contributed by atoms with Crippen molar-refractivity contribution < 1.29 is 39.5 Å². The van der Waals surface area contributed by atoms with Gasteiger partial charge in [0, 0.05) is 0 Å². The molecule has 0 nitrogen and oxygen atoms in total. The number of hydrogen-bond donors (Lipinski definition) is 0. The van der Waals surface area contributed by atoms with Gasteiger partial charge in [-0.25, -0.2) is 22.0 Å². The Bertz CT molecular complexity index is 537. The maximum Gasteiger partial charge on any atom is 0.357 e. The molecule has 19 heavy (non-hydrogen) atoms. The van der Waals surface area contributed by atoms with E-state index in [4.69, 9.17) is 0 Å². The Kier molecular flexibility index (Phi) is 2.73. The molecule has 0 spiro atoms. The summed E-state index contributed by atoms with van der Waals surface area (Å²) in [4.78, 5) is 0. The molecule has 0 radical (unpaired) electrons. The number of benzene rings is 1. The van der Waals surface area contributed by atoms with E-state index in [9.17, 15) is 39.5 Å². The minimum atomic E-state index is -5.46. The minimum absolute atomic E-state index is 1.46. The van der Waals surface area contributed by atoms with Gasteiger partial charge in [0.2, 0.25) is 0 Å². The molecule has 0 aliphatic heterocycles. The number of alkyl halides is 5. The molecule has 0 saturated heterocycles. The van der Waals surface area contributed by atoms with Crippen molar-refractivity contribution in [2.75, 3.05) is 0 Å². The molecule has 1 fully saturated rings. The molecule has 1 aromatic carbocycles. The lowest BCUT2D eigenvalue weighted by Crippen LogP contribution is -2.19. The lowest BCUT2D eigenvalue weighted by Gasteiger charge is -2.11. The van der Waals surface area contributed by atoms with Crippen LogP contribution in [0.3, 0.4) is 0 Å². The summed E-state index contributed by atoms with van der Waals surface area (Å²) in [6.07, 6.45) is 0. The lowest BCUT2D eigenvalue weighted by atomic mass is 10.1. The third kappa shape index (κ3) is 1.33. The van der Waals surface area contributed by atoms with Crippen LogP contribution in [0.5, 0.6) is 0 Å². The predicted molar refractivity (Wildman–Crippen MR) is 46.7 cm³/mol. The zero-order chi connectivity index (χ0) is 15.0. The van der Waals surface area contributed by atoms with Crippen molar-refractivity contribution in [3.8, 4) is 0 Å². The van der Waals surface area contributed by atoms with Gasteiger partial charge in [-0.15, -0.1) is 0 Å². The van der Waals surface area contributed by atoms with E-state index < -0.39 is 50.8 Å². The van der Waals surface area contributed by atoms with Gasteiger partial charge in [0.25, 0.3) is 5.67 Å². The van der Waals surface area contributed by atoms with Crippen molar-refractivity contribution in [2.24, 2.45) is 0 Å². The molecule has 0 atom stereocenters. The number of hydrogen-bond acceptors (Lipinski definition) is 0. The molecule has 10 heteroatoms. The topological polar surface area (TPSA) is 0 Å². The second-order valence-electron chi connectivity index (χ2n) is 3.75. The Balaban J connectivity index is 2.81. The highest BCUT2D eigenvalue weighted by Gasteiger charge is 3.00. The van der Waals surface area contributed by atoms with Gasteiger partial charge in [-0.2, -0.15) is 17.6 Å². The molecule has 1 aromatic rings. The van der Waals surface area contributed by atoms with Crippen LogP contribution in [0.2, 0.25) is 0 Å². The maximum absolute atomic E-state index is 13.5. The molecule has 0 amide bonds. The van der Waals surface area contributed by atoms with E-state index in [2.05, 4.69) is 0 Å². The van der Waals surface area contributed by atoms with Crippen molar-refractivity contribution >= 4 is 15.9 Å². The zero-order valence-corrected chi connectivity index (χ0v) is 9.87. The van der Waals surface area contributed by atoms with E-state index in [0.717, 1.165) is 0 Å². The third-order valence-electron chi connectivity index (χ3n) is 2.75. The summed E-state index contributed by atoms with van der Waals surface area (Å²) in [7, 11) is 0. The summed E-state index contributed by atoms with van der Waals surface area (Å²) in [5.41, 5.74) is -7.79. The molecule has 1 aliphatic carbocycles. The Morgan fingerprint density at radius 3 is 1.21 bits per heavy atom. The van der Waals surface area contributed by atoms with E-state index in [1.54, 1.807) is 0 Å². The molecule has 0 heterocycles. The van der Waals surface area contributed by atoms with Gasteiger partial charge in [0.1, 0.15) is 0 Å².